The van der Waals surface area contributed by atoms with Crippen LogP contribution in [0.25, 0.3) is 0 Å². The SMILES string of the molecule is CC1(C)CCSC(=NCCF)N1. The third-order valence-electron chi connectivity index (χ3n) is 1.75. The number of nitrogens with zero attached hydrogens (tertiary/aromatic N) is 1. The Kier molecular flexibility index (Phi) is 3.38. The summed E-state index contributed by atoms with van der Waals surface area (Å²) in [6.07, 6.45) is 1.13. The molecule has 0 saturated carbocycles. The van der Waals surface area contributed by atoms with Crippen molar-refractivity contribution in [2.24, 2.45) is 4.99 Å². The van der Waals surface area contributed by atoms with E-state index < -0.39 is 0 Å². The van der Waals surface area contributed by atoms with Gasteiger partial charge < -0.3 is 5.32 Å². The fraction of sp³-hybridized carbons (Fsp3) is 0.875. The van der Waals surface area contributed by atoms with Crippen LogP contribution in [-0.2, 0) is 0 Å². The molecule has 1 heterocycles. The zero-order valence-electron chi connectivity index (χ0n) is 7.56. The van der Waals surface area contributed by atoms with Crippen molar-refractivity contribution in [1.82, 2.24) is 5.32 Å². The lowest BCUT2D eigenvalue weighted by molar-refractivity contribution is 0.444. The maximum Gasteiger partial charge on any atom is 0.157 e. The standard InChI is InChI=1S/C8H15FN2S/c1-8(2)3-6-12-7(11-8)10-5-4-9/h3-6H2,1-2H3,(H,10,11). The maximum atomic E-state index is 11.8. The van der Waals surface area contributed by atoms with Crippen LogP contribution >= 0.6 is 11.8 Å². The summed E-state index contributed by atoms with van der Waals surface area (Å²) in [6, 6.07) is 0. The minimum absolute atomic E-state index is 0.125. The van der Waals surface area contributed by atoms with E-state index in [1.807, 2.05) is 0 Å². The van der Waals surface area contributed by atoms with Crippen molar-refractivity contribution in [2.45, 2.75) is 25.8 Å². The number of alkyl halides is 1. The molecule has 0 aromatic rings. The van der Waals surface area contributed by atoms with E-state index in [1.165, 1.54) is 0 Å². The van der Waals surface area contributed by atoms with Crippen LogP contribution in [0.15, 0.2) is 4.99 Å². The van der Waals surface area contributed by atoms with Crippen LogP contribution in [0.1, 0.15) is 20.3 Å². The monoisotopic (exact) mass is 190 g/mol. The second-order valence-corrected chi connectivity index (χ2v) is 4.57. The lowest BCUT2D eigenvalue weighted by Crippen LogP contribution is -2.46. The van der Waals surface area contributed by atoms with Gasteiger partial charge in [-0.3, -0.25) is 4.99 Å². The molecule has 1 aliphatic heterocycles. The smallest absolute Gasteiger partial charge is 0.157 e. The number of hydrogen-bond acceptors (Lipinski definition) is 2. The van der Waals surface area contributed by atoms with Crippen molar-refractivity contribution in [3.8, 4) is 0 Å². The second-order valence-electron chi connectivity index (χ2n) is 3.48. The maximum absolute atomic E-state index is 11.8. The molecule has 0 radical (unpaired) electrons. The summed E-state index contributed by atoms with van der Waals surface area (Å²) in [5.74, 6) is 1.07. The van der Waals surface area contributed by atoms with Crippen LogP contribution in [0, 0.1) is 0 Å². The van der Waals surface area contributed by atoms with Gasteiger partial charge in [0.05, 0.1) is 6.54 Å². The van der Waals surface area contributed by atoms with Crippen LogP contribution in [0.4, 0.5) is 4.39 Å². The van der Waals surface area contributed by atoms with E-state index >= 15 is 0 Å². The predicted molar refractivity (Wildman–Crippen MR) is 52.6 cm³/mol. The van der Waals surface area contributed by atoms with Crippen molar-refractivity contribution >= 4 is 16.9 Å². The van der Waals surface area contributed by atoms with Gasteiger partial charge in [0, 0.05) is 11.3 Å². The van der Waals surface area contributed by atoms with E-state index in [1.54, 1.807) is 11.8 Å². The zero-order valence-corrected chi connectivity index (χ0v) is 8.38. The topological polar surface area (TPSA) is 24.4 Å². The van der Waals surface area contributed by atoms with Crippen molar-refractivity contribution in [1.29, 1.82) is 0 Å². The summed E-state index contributed by atoms with van der Waals surface area (Å²) in [5.41, 5.74) is 0.125. The first kappa shape index (κ1) is 9.84. The van der Waals surface area contributed by atoms with Gasteiger partial charge in [-0.2, -0.15) is 0 Å². The Labute approximate surface area is 77.0 Å². The highest BCUT2D eigenvalue weighted by atomic mass is 32.2. The average Bonchev–Trinajstić information content (AvgIpc) is 1.99. The number of hydrogen-bond donors (Lipinski definition) is 1. The summed E-state index contributed by atoms with van der Waals surface area (Å²) in [5, 5.41) is 4.17. The zero-order chi connectivity index (χ0) is 9.03. The fourth-order valence-corrected chi connectivity index (χ4v) is 2.36. The van der Waals surface area contributed by atoms with Crippen molar-refractivity contribution in [3.63, 3.8) is 0 Å². The molecule has 1 rings (SSSR count). The van der Waals surface area contributed by atoms with Crippen LogP contribution in [0.5, 0.6) is 0 Å². The molecular formula is C8H15FN2S. The number of rotatable bonds is 2. The van der Waals surface area contributed by atoms with Gasteiger partial charge in [0.25, 0.3) is 0 Å². The summed E-state index contributed by atoms with van der Waals surface area (Å²) >= 11 is 1.68. The number of amidine groups is 1. The normalized spacial score (nSPS) is 25.4. The summed E-state index contributed by atoms with van der Waals surface area (Å²) in [4.78, 5) is 4.09. The van der Waals surface area contributed by atoms with Crippen LogP contribution in [-0.4, -0.2) is 29.7 Å². The first-order valence-corrected chi connectivity index (χ1v) is 5.14. The Bertz CT molecular complexity index is 180. The molecule has 0 unspecified atom stereocenters. The summed E-state index contributed by atoms with van der Waals surface area (Å²) in [7, 11) is 0. The first-order chi connectivity index (χ1) is 5.64. The number of thioether (sulfide) groups is 1. The largest absolute Gasteiger partial charge is 0.360 e. The second kappa shape index (κ2) is 4.12. The molecule has 1 N–H and O–H groups in total. The molecule has 0 amide bonds. The van der Waals surface area contributed by atoms with E-state index in [4.69, 9.17) is 0 Å². The average molecular weight is 190 g/mol. The number of nitrogens with one attached hydrogen (secondary N) is 1. The summed E-state index contributed by atoms with van der Waals surface area (Å²) < 4.78 is 11.8. The van der Waals surface area contributed by atoms with Gasteiger partial charge in [-0.25, -0.2) is 4.39 Å². The number of aliphatic imine (C=N–C) groups is 1. The first-order valence-electron chi connectivity index (χ1n) is 4.15. The Morgan fingerprint density at radius 1 is 1.67 bits per heavy atom. The molecule has 1 fully saturated rings. The Morgan fingerprint density at radius 2 is 2.42 bits per heavy atom. The molecule has 4 heteroatoms. The van der Waals surface area contributed by atoms with Crippen LogP contribution in [0.3, 0.4) is 0 Å². The molecule has 0 aromatic carbocycles. The minimum Gasteiger partial charge on any atom is -0.360 e. The lowest BCUT2D eigenvalue weighted by atomic mass is 10.0. The van der Waals surface area contributed by atoms with Crippen molar-refractivity contribution in [3.05, 3.63) is 0 Å². The summed E-state index contributed by atoms with van der Waals surface area (Å²) in [6.45, 7) is 4.19. The fourth-order valence-electron chi connectivity index (χ4n) is 1.02. The van der Waals surface area contributed by atoms with E-state index in [9.17, 15) is 4.39 Å². The van der Waals surface area contributed by atoms with E-state index in [0.717, 1.165) is 17.3 Å². The molecule has 0 aliphatic carbocycles. The van der Waals surface area contributed by atoms with E-state index in [2.05, 4.69) is 24.2 Å². The van der Waals surface area contributed by atoms with Crippen molar-refractivity contribution in [2.75, 3.05) is 19.0 Å². The molecule has 0 bridgehead atoms. The van der Waals surface area contributed by atoms with Gasteiger partial charge >= 0.3 is 0 Å². The van der Waals surface area contributed by atoms with Crippen LogP contribution < -0.4 is 5.32 Å². The molecular weight excluding hydrogens is 175 g/mol. The highest BCUT2D eigenvalue weighted by Gasteiger charge is 2.23. The minimum atomic E-state index is -0.369. The highest BCUT2D eigenvalue weighted by molar-refractivity contribution is 8.13. The lowest BCUT2D eigenvalue weighted by Gasteiger charge is -2.32. The third-order valence-corrected chi connectivity index (χ3v) is 2.66. The van der Waals surface area contributed by atoms with E-state index in [-0.39, 0.29) is 18.8 Å². The molecule has 12 heavy (non-hydrogen) atoms. The number of halogens is 1. The predicted octanol–water partition coefficient (Wildman–Crippen LogP) is 1.82. The van der Waals surface area contributed by atoms with Gasteiger partial charge in [-0.05, 0) is 20.3 Å². The highest BCUT2D eigenvalue weighted by Crippen LogP contribution is 2.21. The van der Waals surface area contributed by atoms with Gasteiger partial charge in [0.2, 0.25) is 0 Å². The molecule has 0 spiro atoms. The third kappa shape index (κ3) is 3.01. The Balaban J connectivity index is 2.46. The molecule has 1 aliphatic rings. The van der Waals surface area contributed by atoms with E-state index in [0.29, 0.717) is 0 Å². The van der Waals surface area contributed by atoms with Gasteiger partial charge in [-0.15, -0.1) is 0 Å². The quantitative estimate of drug-likeness (QED) is 0.718. The van der Waals surface area contributed by atoms with Gasteiger partial charge in [0.1, 0.15) is 6.67 Å². The molecule has 0 aromatic heterocycles. The molecule has 2 nitrogen and oxygen atoms in total. The van der Waals surface area contributed by atoms with Gasteiger partial charge in [-0.1, -0.05) is 11.8 Å². The molecule has 0 atom stereocenters. The molecule has 70 valence electrons. The van der Waals surface area contributed by atoms with Gasteiger partial charge in [0.15, 0.2) is 5.17 Å². The Morgan fingerprint density at radius 3 is 3.00 bits per heavy atom. The Hall–Kier alpha value is -0.250. The van der Waals surface area contributed by atoms with Crippen molar-refractivity contribution < 1.29 is 4.39 Å². The van der Waals surface area contributed by atoms with Crippen LogP contribution in [0.2, 0.25) is 0 Å². The molecule has 1 saturated heterocycles.